The van der Waals surface area contributed by atoms with Crippen molar-refractivity contribution in [3.63, 3.8) is 0 Å². The lowest BCUT2D eigenvalue weighted by Crippen LogP contribution is -2.26. The topological polar surface area (TPSA) is 12.0 Å². The van der Waals surface area contributed by atoms with Gasteiger partial charge in [0.15, 0.2) is 0 Å². The first-order chi connectivity index (χ1) is 7.03. The van der Waals surface area contributed by atoms with Crippen molar-refractivity contribution in [2.24, 2.45) is 0 Å². The molecule has 0 aromatic carbocycles. The van der Waals surface area contributed by atoms with Crippen molar-refractivity contribution in [2.75, 3.05) is 6.54 Å². The molecule has 0 aliphatic heterocycles. The summed E-state index contributed by atoms with van der Waals surface area (Å²) in [7, 11) is 0. The fraction of sp³-hybridized carbons (Fsp3) is 0.600. The number of rotatable bonds is 5. The number of alkyl halides is 3. The van der Waals surface area contributed by atoms with Gasteiger partial charge in [-0.3, -0.25) is 0 Å². The van der Waals surface area contributed by atoms with Crippen LogP contribution in [0.2, 0.25) is 0 Å². The highest BCUT2D eigenvalue weighted by Crippen LogP contribution is 2.31. The first kappa shape index (κ1) is 12.5. The second kappa shape index (κ2) is 5.51. The van der Waals surface area contributed by atoms with E-state index in [1.54, 1.807) is 17.5 Å². The Kier molecular flexibility index (Phi) is 4.60. The minimum absolute atomic E-state index is 0.593. The standard InChI is InChI=1S/C10H14F3NS/c1-2-5-14-8(7-10(11,12)13)9-4-3-6-15-9/h3-4,6,8,14H,2,5,7H2,1H3. The van der Waals surface area contributed by atoms with Crippen LogP contribution in [0.15, 0.2) is 17.5 Å². The monoisotopic (exact) mass is 237 g/mol. The van der Waals surface area contributed by atoms with Gasteiger partial charge in [0, 0.05) is 4.88 Å². The molecule has 1 aromatic heterocycles. The van der Waals surface area contributed by atoms with Gasteiger partial charge >= 0.3 is 6.18 Å². The SMILES string of the molecule is CCCNC(CC(F)(F)F)c1cccs1. The molecule has 0 spiro atoms. The fourth-order valence-corrected chi connectivity index (χ4v) is 2.12. The van der Waals surface area contributed by atoms with Crippen LogP contribution in [0, 0.1) is 0 Å². The van der Waals surface area contributed by atoms with Crippen LogP contribution in [-0.4, -0.2) is 12.7 Å². The van der Waals surface area contributed by atoms with Crippen LogP contribution < -0.4 is 5.32 Å². The molecule has 15 heavy (non-hydrogen) atoms. The summed E-state index contributed by atoms with van der Waals surface area (Å²) in [5, 5.41) is 4.72. The summed E-state index contributed by atoms with van der Waals surface area (Å²) in [5.74, 6) is 0. The number of halogens is 3. The van der Waals surface area contributed by atoms with Crippen molar-refractivity contribution in [2.45, 2.75) is 32.0 Å². The molecule has 0 saturated carbocycles. The normalized spacial score (nSPS) is 14.1. The van der Waals surface area contributed by atoms with Crippen LogP contribution in [0.1, 0.15) is 30.7 Å². The Morgan fingerprint density at radius 2 is 2.20 bits per heavy atom. The highest BCUT2D eigenvalue weighted by molar-refractivity contribution is 7.10. The minimum Gasteiger partial charge on any atom is -0.309 e. The minimum atomic E-state index is -4.12. The maximum absolute atomic E-state index is 12.3. The highest BCUT2D eigenvalue weighted by Gasteiger charge is 2.32. The van der Waals surface area contributed by atoms with Crippen molar-refractivity contribution >= 4 is 11.3 Å². The zero-order chi connectivity index (χ0) is 11.3. The van der Waals surface area contributed by atoms with Crippen LogP contribution in [0.3, 0.4) is 0 Å². The molecule has 1 N–H and O–H groups in total. The molecule has 5 heteroatoms. The molecule has 1 unspecified atom stereocenters. The maximum Gasteiger partial charge on any atom is 0.390 e. The molecule has 0 fully saturated rings. The van der Waals surface area contributed by atoms with E-state index in [2.05, 4.69) is 5.32 Å². The Morgan fingerprint density at radius 1 is 1.47 bits per heavy atom. The smallest absolute Gasteiger partial charge is 0.309 e. The van der Waals surface area contributed by atoms with E-state index in [9.17, 15) is 13.2 Å². The summed E-state index contributed by atoms with van der Waals surface area (Å²) >= 11 is 1.36. The Bertz CT molecular complexity index is 269. The van der Waals surface area contributed by atoms with Crippen LogP contribution in [0.4, 0.5) is 13.2 Å². The summed E-state index contributed by atoms with van der Waals surface area (Å²) in [4.78, 5) is 0.751. The third kappa shape index (κ3) is 4.66. The maximum atomic E-state index is 12.3. The van der Waals surface area contributed by atoms with Gasteiger partial charge in [-0.05, 0) is 24.4 Å². The summed E-state index contributed by atoms with van der Waals surface area (Å²) in [6.07, 6.45) is -4.08. The lowest BCUT2D eigenvalue weighted by molar-refractivity contribution is -0.140. The number of thiophene rings is 1. The molecule has 0 radical (unpaired) electrons. The average molecular weight is 237 g/mol. The van der Waals surface area contributed by atoms with Crippen LogP contribution in [-0.2, 0) is 0 Å². The molecule has 0 bridgehead atoms. The van der Waals surface area contributed by atoms with E-state index < -0.39 is 18.6 Å². The van der Waals surface area contributed by atoms with Gasteiger partial charge in [0.25, 0.3) is 0 Å². The summed E-state index contributed by atoms with van der Waals surface area (Å²) < 4.78 is 36.9. The number of nitrogens with one attached hydrogen (secondary N) is 1. The quantitative estimate of drug-likeness (QED) is 0.822. The van der Waals surface area contributed by atoms with Crippen LogP contribution in [0.25, 0.3) is 0 Å². The van der Waals surface area contributed by atoms with Crippen LogP contribution >= 0.6 is 11.3 Å². The van der Waals surface area contributed by atoms with Crippen molar-refractivity contribution < 1.29 is 13.2 Å². The first-order valence-electron chi connectivity index (χ1n) is 4.86. The molecule has 0 aliphatic carbocycles. The zero-order valence-corrected chi connectivity index (χ0v) is 9.29. The largest absolute Gasteiger partial charge is 0.390 e. The van der Waals surface area contributed by atoms with Gasteiger partial charge in [0.05, 0.1) is 12.5 Å². The molecule has 1 rings (SSSR count). The Hall–Kier alpha value is -0.550. The Balaban J connectivity index is 2.62. The van der Waals surface area contributed by atoms with Crippen LogP contribution in [0.5, 0.6) is 0 Å². The first-order valence-corrected chi connectivity index (χ1v) is 5.74. The Labute approximate surface area is 91.3 Å². The lowest BCUT2D eigenvalue weighted by Gasteiger charge is -2.18. The third-order valence-corrected chi connectivity index (χ3v) is 2.95. The van der Waals surface area contributed by atoms with Gasteiger partial charge in [-0.25, -0.2) is 0 Å². The molecule has 1 nitrogen and oxygen atoms in total. The zero-order valence-electron chi connectivity index (χ0n) is 8.47. The second-order valence-electron chi connectivity index (χ2n) is 3.34. The fourth-order valence-electron chi connectivity index (χ4n) is 1.31. The van der Waals surface area contributed by atoms with Gasteiger partial charge in [-0.1, -0.05) is 13.0 Å². The van der Waals surface area contributed by atoms with E-state index >= 15 is 0 Å². The van der Waals surface area contributed by atoms with Crippen molar-refractivity contribution in [3.05, 3.63) is 22.4 Å². The average Bonchev–Trinajstić information content (AvgIpc) is 2.63. The summed E-state index contributed by atoms with van der Waals surface area (Å²) in [5.41, 5.74) is 0. The van der Waals surface area contributed by atoms with E-state index in [0.717, 1.165) is 11.3 Å². The highest BCUT2D eigenvalue weighted by atomic mass is 32.1. The summed E-state index contributed by atoms with van der Waals surface area (Å²) in [6.45, 7) is 2.55. The molecule has 1 heterocycles. The predicted octanol–water partition coefficient (Wildman–Crippen LogP) is 3.74. The van der Waals surface area contributed by atoms with E-state index in [0.29, 0.717) is 6.54 Å². The van der Waals surface area contributed by atoms with Gasteiger partial charge in [-0.15, -0.1) is 11.3 Å². The molecule has 0 saturated heterocycles. The van der Waals surface area contributed by atoms with E-state index in [1.807, 2.05) is 6.92 Å². The lowest BCUT2D eigenvalue weighted by atomic mass is 10.1. The van der Waals surface area contributed by atoms with Gasteiger partial charge in [0.2, 0.25) is 0 Å². The molecule has 1 atom stereocenters. The van der Waals surface area contributed by atoms with Crippen molar-refractivity contribution in [3.8, 4) is 0 Å². The van der Waals surface area contributed by atoms with Crippen molar-refractivity contribution in [1.82, 2.24) is 5.32 Å². The van der Waals surface area contributed by atoms with Gasteiger partial charge < -0.3 is 5.32 Å². The van der Waals surface area contributed by atoms with Crippen molar-refractivity contribution in [1.29, 1.82) is 0 Å². The molecule has 86 valence electrons. The molecular formula is C10H14F3NS. The van der Waals surface area contributed by atoms with E-state index in [-0.39, 0.29) is 0 Å². The van der Waals surface area contributed by atoms with E-state index in [1.165, 1.54) is 11.3 Å². The van der Waals surface area contributed by atoms with Gasteiger partial charge in [0.1, 0.15) is 0 Å². The molecule has 0 aliphatic rings. The summed E-state index contributed by atoms with van der Waals surface area (Å²) in [6, 6.07) is 2.92. The third-order valence-electron chi connectivity index (χ3n) is 1.96. The number of hydrogen-bond acceptors (Lipinski definition) is 2. The molecule has 0 amide bonds. The van der Waals surface area contributed by atoms with E-state index in [4.69, 9.17) is 0 Å². The Morgan fingerprint density at radius 3 is 2.67 bits per heavy atom. The molecular weight excluding hydrogens is 223 g/mol. The number of hydrogen-bond donors (Lipinski definition) is 1. The second-order valence-corrected chi connectivity index (χ2v) is 4.32. The van der Waals surface area contributed by atoms with Gasteiger partial charge in [-0.2, -0.15) is 13.2 Å². The molecule has 1 aromatic rings. The predicted molar refractivity (Wildman–Crippen MR) is 56.0 cm³/mol.